The number of carbonyl (C=O) groups is 1. The summed E-state index contributed by atoms with van der Waals surface area (Å²) >= 11 is 5.92. The summed E-state index contributed by atoms with van der Waals surface area (Å²) < 4.78 is 0. The molecule has 0 aliphatic carbocycles. The zero-order valence-corrected chi connectivity index (χ0v) is 15.6. The fraction of sp³-hybridized carbons (Fsp3) is 0.316. The number of hydrogen-bond donors (Lipinski definition) is 3. The number of rotatable bonds is 7. The molecule has 1 amide bonds. The van der Waals surface area contributed by atoms with Crippen LogP contribution in [0.3, 0.4) is 0 Å². The Balaban J connectivity index is 1.44. The van der Waals surface area contributed by atoms with Gasteiger partial charge in [0.15, 0.2) is 0 Å². The van der Waals surface area contributed by atoms with E-state index in [9.17, 15) is 4.79 Å². The van der Waals surface area contributed by atoms with E-state index >= 15 is 0 Å². The number of anilines is 1. The highest BCUT2D eigenvalue weighted by molar-refractivity contribution is 6.30. The molecule has 1 aromatic carbocycles. The van der Waals surface area contributed by atoms with E-state index in [1.165, 1.54) is 23.2 Å². The number of benzene rings is 1. The van der Waals surface area contributed by atoms with E-state index in [0.29, 0.717) is 17.6 Å². The molecular formula is C19H22ClN5O2. The molecule has 0 bridgehead atoms. The lowest BCUT2D eigenvalue weighted by molar-refractivity contribution is -0.124. The molecule has 3 rings (SSSR count). The fourth-order valence-electron chi connectivity index (χ4n) is 3.00. The average molecular weight is 388 g/mol. The van der Waals surface area contributed by atoms with Crippen LogP contribution >= 0.6 is 11.6 Å². The molecule has 1 fully saturated rings. The maximum Gasteiger partial charge on any atom is 0.267 e. The minimum Gasteiger partial charge on any atom is -0.365 e. The Morgan fingerprint density at radius 1 is 1.30 bits per heavy atom. The van der Waals surface area contributed by atoms with Gasteiger partial charge in [-0.1, -0.05) is 23.7 Å². The summed E-state index contributed by atoms with van der Waals surface area (Å²) in [7, 11) is 0. The van der Waals surface area contributed by atoms with Crippen LogP contribution in [0.15, 0.2) is 42.7 Å². The van der Waals surface area contributed by atoms with Gasteiger partial charge in [-0.3, -0.25) is 15.0 Å². The first-order chi connectivity index (χ1) is 13.1. The topological polar surface area (TPSA) is 90.4 Å². The number of aromatic nitrogens is 2. The van der Waals surface area contributed by atoms with Crippen molar-refractivity contribution in [1.29, 1.82) is 0 Å². The highest BCUT2D eigenvalue weighted by atomic mass is 35.5. The Kier molecular flexibility index (Phi) is 6.75. The van der Waals surface area contributed by atoms with Crippen LogP contribution < -0.4 is 10.8 Å². The lowest BCUT2D eigenvalue weighted by Gasteiger charge is -2.17. The van der Waals surface area contributed by atoms with Gasteiger partial charge in [-0.25, -0.2) is 10.5 Å². The number of likely N-dealkylation sites (tertiary alicyclic amines) is 1. The number of hydroxylamine groups is 1. The lowest BCUT2D eigenvalue weighted by atomic mass is 10.1. The molecule has 1 aromatic heterocycles. The first-order valence-electron chi connectivity index (χ1n) is 8.80. The largest absolute Gasteiger partial charge is 0.365 e. The Morgan fingerprint density at radius 2 is 2.11 bits per heavy atom. The summed E-state index contributed by atoms with van der Waals surface area (Å²) in [4.78, 5) is 21.9. The first kappa shape index (κ1) is 19.3. The number of halogens is 1. The lowest BCUT2D eigenvalue weighted by Crippen LogP contribution is -2.28. The normalized spacial score (nSPS) is 17.3. The average Bonchev–Trinajstić information content (AvgIpc) is 3.14. The Bertz CT molecular complexity index is 780. The van der Waals surface area contributed by atoms with Gasteiger partial charge in [-0.2, -0.15) is 0 Å². The molecule has 7 nitrogen and oxygen atoms in total. The van der Waals surface area contributed by atoms with Crippen LogP contribution in [0, 0.1) is 0 Å². The van der Waals surface area contributed by atoms with Crippen LogP contribution in [0.1, 0.15) is 17.7 Å². The van der Waals surface area contributed by atoms with Crippen LogP contribution in [0.25, 0.3) is 6.08 Å². The second-order valence-electron chi connectivity index (χ2n) is 6.44. The fourth-order valence-corrected chi connectivity index (χ4v) is 3.12. The van der Waals surface area contributed by atoms with Crippen molar-refractivity contribution in [3.05, 3.63) is 59.0 Å². The number of nitrogens with one attached hydrogen (secondary N) is 2. The third kappa shape index (κ3) is 6.02. The van der Waals surface area contributed by atoms with Gasteiger partial charge >= 0.3 is 0 Å². The van der Waals surface area contributed by atoms with Gasteiger partial charge in [0.05, 0.1) is 18.1 Å². The number of amides is 1. The number of hydrogen-bond acceptors (Lipinski definition) is 6. The standard InChI is InChI=1S/C19H22ClN5O2/c20-15-3-1-14(2-4-15)7-9-25-10-8-17(13-25)23-18-12-21-16(11-22-18)5-6-19(26)24-27/h1-6,11-12,17,27H,7-10,13H2,(H,22,23)(H,24,26)/t17-/m1/s1. The van der Waals surface area contributed by atoms with Crippen LogP contribution in [0.2, 0.25) is 5.02 Å². The molecule has 0 unspecified atom stereocenters. The van der Waals surface area contributed by atoms with Gasteiger partial charge in [0.25, 0.3) is 5.91 Å². The summed E-state index contributed by atoms with van der Waals surface area (Å²) in [6.45, 7) is 3.03. The van der Waals surface area contributed by atoms with E-state index in [2.05, 4.69) is 32.3 Å². The molecule has 2 heterocycles. The summed E-state index contributed by atoms with van der Waals surface area (Å²) in [6.07, 6.45) is 7.96. The summed E-state index contributed by atoms with van der Waals surface area (Å²) in [5, 5.41) is 12.6. The molecule has 8 heteroatoms. The molecule has 0 saturated carbocycles. The predicted octanol–water partition coefficient (Wildman–Crippen LogP) is 2.38. The maximum atomic E-state index is 11.0. The highest BCUT2D eigenvalue weighted by Crippen LogP contribution is 2.16. The summed E-state index contributed by atoms with van der Waals surface area (Å²) in [6, 6.07) is 8.34. The molecule has 1 saturated heterocycles. The van der Waals surface area contributed by atoms with Gasteiger partial charge in [0, 0.05) is 36.8 Å². The quantitative estimate of drug-likeness (QED) is 0.384. The van der Waals surface area contributed by atoms with Crippen molar-refractivity contribution in [2.24, 2.45) is 0 Å². The van der Waals surface area contributed by atoms with Gasteiger partial charge in [-0.15, -0.1) is 0 Å². The molecule has 142 valence electrons. The van der Waals surface area contributed by atoms with E-state index < -0.39 is 5.91 Å². The highest BCUT2D eigenvalue weighted by Gasteiger charge is 2.22. The Morgan fingerprint density at radius 3 is 2.81 bits per heavy atom. The Labute approximate surface area is 163 Å². The molecule has 0 radical (unpaired) electrons. The third-order valence-electron chi connectivity index (χ3n) is 4.44. The van der Waals surface area contributed by atoms with Crippen molar-refractivity contribution in [1.82, 2.24) is 20.3 Å². The molecule has 3 N–H and O–H groups in total. The van der Waals surface area contributed by atoms with Crippen molar-refractivity contribution in [3.63, 3.8) is 0 Å². The van der Waals surface area contributed by atoms with Crippen molar-refractivity contribution in [3.8, 4) is 0 Å². The molecule has 2 aromatic rings. The SMILES string of the molecule is O=C(C=Cc1cnc(N[C@@H]2CCN(CCc3ccc(Cl)cc3)C2)cn1)NO. The second kappa shape index (κ2) is 9.45. The van der Waals surface area contributed by atoms with Crippen molar-refractivity contribution in [2.75, 3.05) is 25.0 Å². The van der Waals surface area contributed by atoms with Gasteiger partial charge in [0.1, 0.15) is 5.82 Å². The number of carbonyl (C=O) groups excluding carboxylic acids is 1. The van der Waals surface area contributed by atoms with Crippen LogP contribution in [0.5, 0.6) is 0 Å². The van der Waals surface area contributed by atoms with Crippen LogP contribution in [-0.2, 0) is 11.2 Å². The minimum absolute atomic E-state index is 0.339. The minimum atomic E-state index is -0.608. The van der Waals surface area contributed by atoms with Gasteiger partial charge in [-0.05, 0) is 36.6 Å². The van der Waals surface area contributed by atoms with Gasteiger partial charge < -0.3 is 10.2 Å². The van der Waals surface area contributed by atoms with Crippen LogP contribution in [-0.4, -0.2) is 51.7 Å². The molecule has 1 atom stereocenters. The third-order valence-corrected chi connectivity index (χ3v) is 4.69. The van der Waals surface area contributed by atoms with E-state index in [1.54, 1.807) is 12.4 Å². The maximum absolute atomic E-state index is 11.0. The molecular weight excluding hydrogens is 366 g/mol. The summed E-state index contributed by atoms with van der Waals surface area (Å²) in [5.41, 5.74) is 3.36. The molecule has 1 aliphatic rings. The first-order valence-corrected chi connectivity index (χ1v) is 9.18. The zero-order valence-electron chi connectivity index (χ0n) is 14.8. The second-order valence-corrected chi connectivity index (χ2v) is 6.88. The predicted molar refractivity (Wildman–Crippen MR) is 105 cm³/mol. The van der Waals surface area contributed by atoms with E-state index in [0.717, 1.165) is 37.5 Å². The van der Waals surface area contributed by atoms with Crippen molar-refractivity contribution in [2.45, 2.75) is 18.9 Å². The zero-order chi connectivity index (χ0) is 19.1. The van der Waals surface area contributed by atoms with Crippen molar-refractivity contribution >= 4 is 29.4 Å². The molecule has 0 spiro atoms. The smallest absolute Gasteiger partial charge is 0.267 e. The van der Waals surface area contributed by atoms with Crippen molar-refractivity contribution < 1.29 is 10.0 Å². The van der Waals surface area contributed by atoms with Gasteiger partial charge in [0.2, 0.25) is 0 Å². The van der Waals surface area contributed by atoms with E-state index in [-0.39, 0.29) is 0 Å². The Hall–Kier alpha value is -2.48. The van der Waals surface area contributed by atoms with E-state index in [4.69, 9.17) is 16.8 Å². The number of nitrogens with zero attached hydrogens (tertiary/aromatic N) is 3. The summed E-state index contributed by atoms with van der Waals surface area (Å²) in [5.74, 6) is 0.104. The molecule has 1 aliphatic heterocycles. The monoisotopic (exact) mass is 387 g/mol. The van der Waals surface area contributed by atoms with E-state index in [1.807, 2.05) is 12.1 Å². The van der Waals surface area contributed by atoms with Crippen LogP contribution in [0.4, 0.5) is 5.82 Å². The molecule has 27 heavy (non-hydrogen) atoms.